The zero-order chi connectivity index (χ0) is 17.8. The van der Waals surface area contributed by atoms with Gasteiger partial charge in [-0.05, 0) is 17.7 Å². The van der Waals surface area contributed by atoms with Gasteiger partial charge in [0.25, 0.3) is 5.91 Å². The topological polar surface area (TPSA) is 89.9 Å². The fourth-order valence-electron chi connectivity index (χ4n) is 2.37. The van der Waals surface area contributed by atoms with Gasteiger partial charge in [0.05, 0.1) is 17.4 Å². The van der Waals surface area contributed by atoms with Crippen LogP contribution >= 0.6 is 11.7 Å². The molecule has 0 fully saturated rings. The van der Waals surface area contributed by atoms with Crippen molar-refractivity contribution in [1.82, 2.24) is 18.7 Å². The molecule has 0 radical (unpaired) electrons. The lowest BCUT2D eigenvalue weighted by atomic mass is 10.2. The maximum atomic E-state index is 12.5. The van der Waals surface area contributed by atoms with Gasteiger partial charge >= 0.3 is 0 Å². The Morgan fingerprint density at radius 3 is 2.81 bits per heavy atom. The molecule has 0 aliphatic heterocycles. The first kappa shape index (κ1) is 16.1. The van der Waals surface area contributed by atoms with Crippen molar-refractivity contribution in [2.75, 3.05) is 5.32 Å². The maximum Gasteiger partial charge on any atom is 0.274 e. The fourth-order valence-corrected chi connectivity index (χ4v) is 2.92. The average Bonchev–Trinajstić information content (AvgIpc) is 3.17. The smallest absolute Gasteiger partial charge is 0.274 e. The van der Waals surface area contributed by atoms with Crippen molar-refractivity contribution in [3.05, 3.63) is 72.2 Å². The minimum atomic E-state index is -0.363. The van der Waals surface area contributed by atoms with Crippen LogP contribution in [0.25, 0.3) is 11.0 Å². The van der Waals surface area contributed by atoms with E-state index in [1.54, 1.807) is 6.07 Å². The van der Waals surface area contributed by atoms with Crippen LogP contribution in [0, 0.1) is 0 Å². The number of hydrogen-bond donors (Lipinski definition) is 1. The van der Waals surface area contributed by atoms with E-state index in [1.165, 1.54) is 12.4 Å². The largest absolute Gasteiger partial charge is 0.473 e. The van der Waals surface area contributed by atoms with Gasteiger partial charge in [-0.1, -0.05) is 36.4 Å². The molecule has 4 aromatic rings. The van der Waals surface area contributed by atoms with Crippen molar-refractivity contribution in [1.29, 1.82) is 0 Å². The number of carbonyl (C=O) groups is 1. The van der Waals surface area contributed by atoms with Gasteiger partial charge in [0.15, 0.2) is 0 Å². The molecule has 0 unspecified atom stereocenters. The lowest BCUT2D eigenvalue weighted by molar-refractivity contribution is 0.102. The highest BCUT2D eigenvalue weighted by atomic mass is 32.1. The number of anilines is 1. The summed E-state index contributed by atoms with van der Waals surface area (Å²) in [6.07, 6.45) is 1.31. The first-order valence-electron chi connectivity index (χ1n) is 7.81. The summed E-state index contributed by atoms with van der Waals surface area (Å²) in [6.45, 7) is 0.364. The van der Waals surface area contributed by atoms with Gasteiger partial charge in [-0.25, -0.2) is 9.97 Å². The van der Waals surface area contributed by atoms with Gasteiger partial charge in [-0.2, -0.15) is 8.75 Å². The number of rotatable bonds is 5. The second-order valence-electron chi connectivity index (χ2n) is 5.41. The van der Waals surface area contributed by atoms with Crippen LogP contribution in [0.15, 0.2) is 60.9 Å². The Balaban J connectivity index is 1.49. The molecular weight excluding hydrogens is 350 g/mol. The summed E-state index contributed by atoms with van der Waals surface area (Å²) in [5.74, 6) is -0.0278. The van der Waals surface area contributed by atoms with E-state index >= 15 is 0 Å². The molecule has 8 heteroatoms. The summed E-state index contributed by atoms with van der Waals surface area (Å²) in [5, 5.41) is 2.81. The second-order valence-corrected chi connectivity index (χ2v) is 5.94. The number of ether oxygens (including phenoxy) is 1. The Labute approximate surface area is 153 Å². The van der Waals surface area contributed by atoms with Gasteiger partial charge < -0.3 is 10.1 Å². The van der Waals surface area contributed by atoms with E-state index in [9.17, 15) is 4.79 Å². The predicted molar refractivity (Wildman–Crippen MR) is 98.2 cm³/mol. The van der Waals surface area contributed by atoms with Gasteiger partial charge in [0.2, 0.25) is 5.88 Å². The standard InChI is InChI=1S/C18H13N5O2S/c24-18(21-13-7-4-8-14-17(13)23-26-22-14)15-9-16(20-11-19-15)25-10-12-5-2-1-3-6-12/h1-9,11H,10H2,(H,21,24). The number of carbonyl (C=O) groups excluding carboxylic acids is 1. The molecule has 2 heterocycles. The van der Waals surface area contributed by atoms with Gasteiger partial charge in [0, 0.05) is 6.07 Å². The van der Waals surface area contributed by atoms with Crippen molar-refractivity contribution in [3.8, 4) is 5.88 Å². The third-order valence-electron chi connectivity index (χ3n) is 3.64. The van der Waals surface area contributed by atoms with Crippen LogP contribution in [0.4, 0.5) is 5.69 Å². The first-order chi connectivity index (χ1) is 12.8. The number of aromatic nitrogens is 4. The van der Waals surface area contributed by atoms with E-state index in [1.807, 2.05) is 42.5 Å². The Hall–Kier alpha value is -3.39. The van der Waals surface area contributed by atoms with E-state index in [0.29, 0.717) is 23.7 Å². The van der Waals surface area contributed by atoms with E-state index in [0.717, 1.165) is 22.8 Å². The zero-order valence-corrected chi connectivity index (χ0v) is 14.3. The molecule has 1 amide bonds. The Morgan fingerprint density at radius 1 is 1.04 bits per heavy atom. The van der Waals surface area contributed by atoms with Crippen molar-refractivity contribution >= 4 is 34.4 Å². The number of nitrogens with one attached hydrogen (secondary N) is 1. The maximum absolute atomic E-state index is 12.5. The SMILES string of the molecule is O=C(Nc1cccc2nsnc12)c1cc(OCc2ccccc2)ncn1. The zero-order valence-electron chi connectivity index (χ0n) is 13.5. The molecule has 0 atom stereocenters. The predicted octanol–water partition coefficient (Wildman–Crippen LogP) is 3.31. The molecule has 0 saturated heterocycles. The molecule has 2 aromatic carbocycles. The summed E-state index contributed by atoms with van der Waals surface area (Å²) < 4.78 is 14.0. The van der Waals surface area contributed by atoms with Crippen molar-refractivity contribution in [3.63, 3.8) is 0 Å². The summed E-state index contributed by atoms with van der Waals surface area (Å²) in [5.41, 5.74) is 3.21. The van der Waals surface area contributed by atoms with Gasteiger partial charge in [-0.15, -0.1) is 0 Å². The Kier molecular flexibility index (Phi) is 4.48. The van der Waals surface area contributed by atoms with Crippen LogP contribution in [0.3, 0.4) is 0 Å². The summed E-state index contributed by atoms with van der Waals surface area (Å²) >= 11 is 1.10. The lowest BCUT2D eigenvalue weighted by Gasteiger charge is -2.07. The number of amides is 1. The highest BCUT2D eigenvalue weighted by Crippen LogP contribution is 2.22. The number of fused-ring (bicyclic) bond motifs is 1. The van der Waals surface area contributed by atoms with E-state index in [4.69, 9.17) is 4.74 Å². The minimum absolute atomic E-state index is 0.211. The van der Waals surface area contributed by atoms with Crippen molar-refractivity contribution in [2.24, 2.45) is 0 Å². The molecule has 26 heavy (non-hydrogen) atoms. The second kappa shape index (κ2) is 7.24. The Morgan fingerprint density at radius 2 is 1.92 bits per heavy atom. The van der Waals surface area contributed by atoms with Crippen LogP contribution in [0.1, 0.15) is 16.1 Å². The summed E-state index contributed by atoms with van der Waals surface area (Å²) in [6, 6.07) is 16.7. The van der Waals surface area contributed by atoms with Crippen LogP contribution < -0.4 is 10.1 Å². The Bertz CT molecular complexity index is 1050. The molecule has 0 bridgehead atoms. The molecule has 0 saturated carbocycles. The third kappa shape index (κ3) is 3.50. The highest BCUT2D eigenvalue weighted by Gasteiger charge is 2.13. The van der Waals surface area contributed by atoms with E-state index in [-0.39, 0.29) is 11.6 Å². The van der Waals surface area contributed by atoms with Crippen LogP contribution in [0.5, 0.6) is 5.88 Å². The third-order valence-corrected chi connectivity index (χ3v) is 4.18. The number of benzene rings is 2. The number of nitrogens with zero attached hydrogens (tertiary/aromatic N) is 4. The van der Waals surface area contributed by atoms with Gasteiger partial charge in [-0.3, -0.25) is 4.79 Å². The van der Waals surface area contributed by atoms with Gasteiger partial charge in [0.1, 0.15) is 29.7 Å². The van der Waals surface area contributed by atoms with E-state index < -0.39 is 0 Å². The quantitative estimate of drug-likeness (QED) is 0.585. The molecule has 4 rings (SSSR count). The molecule has 0 aliphatic carbocycles. The normalized spacial score (nSPS) is 10.6. The highest BCUT2D eigenvalue weighted by molar-refractivity contribution is 7.00. The van der Waals surface area contributed by atoms with E-state index in [2.05, 4.69) is 24.0 Å². The molecule has 7 nitrogen and oxygen atoms in total. The molecule has 1 N–H and O–H groups in total. The van der Waals surface area contributed by atoms with Crippen LogP contribution in [-0.2, 0) is 6.61 Å². The molecule has 0 aliphatic rings. The molecule has 2 aromatic heterocycles. The fraction of sp³-hybridized carbons (Fsp3) is 0.0556. The van der Waals surface area contributed by atoms with Crippen molar-refractivity contribution in [2.45, 2.75) is 6.61 Å². The molecular formula is C18H13N5O2S. The first-order valence-corrected chi connectivity index (χ1v) is 8.54. The summed E-state index contributed by atoms with van der Waals surface area (Å²) in [4.78, 5) is 20.6. The number of hydrogen-bond acceptors (Lipinski definition) is 7. The minimum Gasteiger partial charge on any atom is -0.473 e. The molecule has 0 spiro atoms. The molecule has 128 valence electrons. The average molecular weight is 363 g/mol. The monoisotopic (exact) mass is 363 g/mol. The van der Waals surface area contributed by atoms with Crippen LogP contribution in [0.2, 0.25) is 0 Å². The lowest BCUT2D eigenvalue weighted by Crippen LogP contribution is -2.14. The summed E-state index contributed by atoms with van der Waals surface area (Å²) in [7, 11) is 0. The van der Waals surface area contributed by atoms with Crippen molar-refractivity contribution < 1.29 is 9.53 Å². The van der Waals surface area contributed by atoms with Crippen LogP contribution in [-0.4, -0.2) is 24.6 Å².